The van der Waals surface area contributed by atoms with E-state index in [4.69, 9.17) is 27.3 Å². The number of hydrazone groups is 1. The van der Waals surface area contributed by atoms with E-state index in [1.54, 1.807) is 31.2 Å². The number of hydrogen-bond acceptors (Lipinski definition) is 6. The lowest BCUT2D eigenvalue weighted by atomic mass is 9.96. The summed E-state index contributed by atoms with van der Waals surface area (Å²) in [6, 6.07) is 11.1. The molecule has 10 heteroatoms. The first-order valence-corrected chi connectivity index (χ1v) is 14.2. The Kier molecular flexibility index (Phi) is 9.99. The summed E-state index contributed by atoms with van der Waals surface area (Å²) in [6.07, 6.45) is 5.91. The van der Waals surface area contributed by atoms with Gasteiger partial charge in [-0.25, -0.2) is 8.42 Å². The molecular formula is C28H34ClN3O5S. The minimum absolute atomic E-state index is 0.0115. The number of anilines is 1. The van der Waals surface area contributed by atoms with Crippen LogP contribution in [0.2, 0.25) is 5.02 Å². The number of sulfonamides is 1. The van der Waals surface area contributed by atoms with Crippen molar-refractivity contribution in [2.45, 2.75) is 63.8 Å². The average Bonchev–Trinajstić information content (AvgIpc) is 2.84. The van der Waals surface area contributed by atoms with Crippen LogP contribution in [-0.2, 0) is 14.8 Å². The summed E-state index contributed by atoms with van der Waals surface area (Å²) in [5.74, 6) is 5.00. The molecule has 38 heavy (non-hydrogen) atoms. The SMILES string of the molecule is CC1=C(CCOc2cc(C)cc(N(C(C)CCCC(=O)O)S(=O)(=O)c3ccccc3Cl)c2)C=CC(=NN)C1. The molecule has 0 heterocycles. The van der Waals surface area contributed by atoms with E-state index >= 15 is 0 Å². The van der Waals surface area contributed by atoms with Gasteiger partial charge in [-0.05, 0) is 75.1 Å². The lowest BCUT2D eigenvalue weighted by molar-refractivity contribution is -0.137. The summed E-state index contributed by atoms with van der Waals surface area (Å²) >= 11 is 6.29. The second-order valence-corrected chi connectivity index (χ2v) is 11.6. The maximum Gasteiger partial charge on any atom is 0.303 e. The molecule has 0 spiro atoms. The number of nitrogens with zero attached hydrogens (tertiary/aromatic N) is 2. The predicted octanol–water partition coefficient (Wildman–Crippen LogP) is 5.85. The molecule has 2 aromatic carbocycles. The largest absolute Gasteiger partial charge is 0.493 e. The lowest BCUT2D eigenvalue weighted by Crippen LogP contribution is -2.39. The molecule has 0 aliphatic heterocycles. The molecule has 1 atom stereocenters. The maximum atomic E-state index is 13.9. The topological polar surface area (TPSA) is 122 Å². The number of benzene rings is 2. The normalized spacial score (nSPS) is 15.5. The molecule has 1 aliphatic carbocycles. The number of aliphatic carboxylic acids is 1. The van der Waals surface area contributed by atoms with Crippen molar-refractivity contribution < 1.29 is 23.1 Å². The third kappa shape index (κ3) is 7.39. The molecule has 1 unspecified atom stereocenters. The van der Waals surface area contributed by atoms with Crippen LogP contribution in [0, 0.1) is 6.92 Å². The summed E-state index contributed by atoms with van der Waals surface area (Å²) in [4.78, 5) is 11.0. The Morgan fingerprint density at radius 2 is 1.95 bits per heavy atom. The molecule has 0 saturated heterocycles. The van der Waals surface area contributed by atoms with E-state index < -0.39 is 22.0 Å². The Morgan fingerprint density at radius 1 is 1.21 bits per heavy atom. The van der Waals surface area contributed by atoms with Crippen molar-refractivity contribution in [3.8, 4) is 5.75 Å². The molecule has 0 fully saturated rings. The van der Waals surface area contributed by atoms with Crippen LogP contribution >= 0.6 is 11.6 Å². The summed E-state index contributed by atoms with van der Waals surface area (Å²) in [5, 5.41) is 12.9. The van der Waals surface area contributed by atoms with Gasteiger partial charge in [-0.15, -0.1) is 0 Å². The van der Waals surface area contributed by atoms with Gasteiger partial charge < -0.3 is 15.7 Å². The number of nitrogens with two attached hydrogens (primary N) is 1. The van der Waals surface area contributed by atoms with Gasteiger partial charge in [-0.2, -0.15) is 5.10 Å². The van der Waals surface area contributed by atoms with Gasteiger partial charge in [-0.3, -0.25) is 9.10 Å². The fraction of sp³-hybridized carbons (Fsp3) is 0.357. The van der Waals surface area contributed by atoms with Gasteiger partial charge in [0.1, 0.15) is 10.6 Å². The number of carboxylic acid groups (broad SMARTS) is 1. The molecule has 0 amide bonds. The van der Waals surface area contributed by atoms with E-state index in [1.807, 2.05) is 32.1 Å². The highest BCUT2D eigenvalue weighted by molar-refractivity contribution is 7.93. The lowest BCUT2D eigenvalue weighted by Gasteiger charge is -2.31. The fourth-order valence-corrected chi connectivity index (χ4v) is 6.61. The second-order valence-electron chi connectivity index (χ2n) is 9.41. The number of carbonyl (C=O) groups is 1. The highest BCUT2D eigenvalue weighted by atomic mass is 35.5. The molecular weight excluding hydrogens is 526 g/mol. The zero-order valence-corrected chi connectivity index (χ0v) is 23.4. The van der Waals surface area contributed by atoms with Gasteiger partial charge in [0.2, 0.25) is 0 Å². The van der Waals surface area contributed by atoms with E-state index in [0.29, 0.717) is 43.7 Å². The highest BCUT2D eigenvalue weighted by Gasteiger charge is 2.31. The molecule has 2 aromatic rings. The Labute approximate surface area is 229 Å². The first-order chi connectivity index (χ1) is 18.0. The van der Waals surface area contributed by atoms with Crippen LogP contribution in [0.5, 0.6) is 5.75 Å². The van der Waals surface area contributed by atoms with Gasteiger partial charge in [0.25, 0.3) is 10.0 Å². The van der Waals surface area contributed by atoms with Gasteiger partial charge in [0, 0.05) is 31.4 Å². The molecule has 0 radical (unpaired) electrons. The molecule has 0 saturated carbocycles. The van der Waals surface area contributed by atoms with Crippen LogP contribution in [0.1, 0.15) is 51.5 Å². The average molecular weight is 560 g/mol. The summed E-state index contributed by atoms with van der Waals surface area (Å²) < 4.78 is 35.1. The minimum Gasteiger partial charge on any atom is -0.493 e. The summed E-state index contributed by atoms with van der Waals surface area (Å²) in [5.41, 5.74) is 4.41. The van der Waals surface area contributed by atoms with Crippen LogP contribution in [0.3, 0.4) is 0 Å². The number of carboxylic acids is 1. The fourth-order valence-electron chi connectivity index (χ4n) is 4.44. The number of hydrogen-bond donors (Lipinski definition) is 2. The maximum absolute atomic E-state index is 13.9. The molecule has 3 N–H and O–H groups in total. The third-order valence-electron chi connectivity index (χ3n) is 6.35. The van der Waals surface area contributed by atoms with E-state index in [-0.39, 0.29) is 16.3 Å². The number of rotatable bonds is 12. The van der Waals surface area contributed by atoms with Crippen molar-refractivity contribution in [1.29, 1.82) is 0 Å². The van der Waals surface area contributed by atoms with Crippen molar-refractivity contribution in [3.05, 3.63) is 76.3 Å². The Morgan fingerprint density at radius 3 is 2.61 bits per heavy atom. The van der Waals surface area contributed by atoms with Crippen molar-refractivity contribution in [2.24, 2.45) is 10.9 Å². The van der Waals surface area contributed by atoms with Crippen molar-refractivity contribution in [3.63, 3.8) is 0 Å². The standard InChI is InChI=1S/C28H34ClN3O5S/c1-19-15-24(18-25(16-19)37-14-13-22-11-12-23(31-30)17-20(22)2)32(21(3)7-6-10-28(33)34)38(35,36)27-9-5-4-8-26(27)29/h4-5,8-9,11-12,15-16,18,21H,6-7,10,13-14,17,30H2,1-3H3,(H,33,34). The Hall–Kier alpha value is -3.30. The molecule has 1 aliphatic rings. The molecule has 0 bridgehead atoms. The second kappa shape index (κ2) is 13.0. The zero-order valence-electron chi connectivity index (χ0n) is 21.9. The van der Waals surface area contributed by atoms with Crippen LogP contribution in [0.15, 0.2) is 75.8 Å². The van der Waals surface area contributed by atoms with E-state index in [0.717, 1.165) is 16.8 Å². The highest BCUT2D eigenvalue weighted by Crippen LogP contribution is 2.34. The van der Waals surface area contributed by atoms with E-state index in [9.17, 15) is 13.2 Å². The summed E-state index contributed by atoms with van der Waals surface area (Å²) in [6.45, 7) is 6.08. The van der Waals surface area contributed by atoms with Crippen LogP contribution in [0.4, 0.5) is 5.69 Å². The Balaban J connectivity index is 1.89. The predicted molar refractivity (Wildman–Crippen MR) is 151 cm³/mol. The van der Waals surface area contributed by atoms with Gasteiger partial charge in [0.05, 0.1) is 23.0 Å². The minimum atomic E-state index is -4.06. The van der Waals surface area contributed by atoms with Gasteiger partial charge >= 0.3 is 5.97 Å². The van der Waals surface area contributed by atoms with Crippen LogP contribution in [-0.4, -0.2) is 37.9 Å². The third-order valence-corrected chi connectivity index (χ3v) is 8.80. The summed E-state index contributed by atoms with van der Waals surface area (Å²) in [7, 11) is -4.06. The van der Waals surface area contributed by atoms with Gasteiger partial charge in [0.15, 0.2) is 0 Å². The van der Waals surface area contributed by atoms with Gasteiger partial charge in [-0.1, -0.05) is 35.4 Å². The molecule has 3 rings (SSSR count). The number of aryl methyl sites for hydroxylation is 1. The molecule has 204 valence electrons. The monoisotopic (exact) mass is 559 g/mol. The first kappa shape index (κ1) is 29.3. The quantitative estimate of drug-likeness (QED) is 0.248. The molecule has 8 nitrogen and oxygen atoms in total. The van der Waals surface area contributed by atoms with Crippen LogP contribution < -0.4 is 14.9 Å². The van der Waals surface area contributed by atoms with E-state index in [2.05, 4.69) is 5.10 Å². The van der Waals surface area contributed by atoms with Crippen molar-refractivity contribution in [2.75, 3.05) is 10.9 Å². The van der Waals surface area contributed by atoms with E-state index in [1.165, 1.54) is 22.0 Å². The van der Waals surface area contributed by atoms with Crippen molar-refractivity contribution >= 4 is 39.0 Å². The number of ether oxygens (including phenoxy) is 1. The number of halogens is 1. The molecule has 0 aromatic heterocycles. The van der Waals surface area contributed by atoms with Crippen LogP contribution in [0.25, 0.3) is 0 Å². The zero-order chi connectivity index (χ0) is 27.9. The first-order valence-electron chi connectivity index (χ1n) is 12.4. The smallest absolute Gasteiger partial charge is 0.303 e. The Bertz CT molecular complexity index is 1370. The van der Waals surface area contributed by atoms with Crippen molar-refractivity contribution in [1.82, 2.24) is 0 Å². The number of allylic oxidation sites excluding steroid dienone is 3.